The topological polar surface area (TPSA) is 53.5 Å². The summed E-state index contributed by atoms with van der Waals surface area (Å²) in [4.78, 5) is 16.5. The fourth-order valence-electron chi connectivity index (χ4n) is 2.89. The van der Waals surface area contributed by atoms with Gasteiger partial charge in [-0.15, -0.1) is 0 Å². The summed E-state index contributed by atoms with van der Waals surface area (Å²) in [5.41, 5.74) is 0. The molecule has 2 N–H and O–H groups in total. The minimum Gasteiger partial charge on any atom is -0.354 e. The Bertz CT molecular complexity index is 317. The van der Waals surface area contributed by atoms with E-state index >= 15 is 0 Å². The van der Waals surface area contributed by atoms with Gasteiger partial charge < -0.3 is 5.32 Å². The fraction of sp³-hybridized carbons (Fsp3) is 0.857. The first-order valence-corrected chi connectivity index (χ1v) is 7.32. The van der Waals surface area contributed by atoms with E-state index in [1.807, 2.05) is 0 Å². The van der Waals surface area contributed by atoms with Crippen LogP contribution in [0.4, 0.5) is 0 Å². The smallest absolute Gasteiger partial charge is 0.251 e. The molecule has 0 saturated heterocycles. The highest BCUT2D eigenvalue weighted by Gasteiger charge is 2.33. The lowest BCUT2D eigenvalue weighted by Gasteiger charge is -2.21. The molecule has 18 heavy (non-hydrogen) atoms. The van der Waals surface area contributed by atoms with Gasteiger partial charge in [0.1, 0.15) is 6.04 Å². The van der Waals surface area contributed by atoms with Crippen LogP contribution in [0.15, 0.2) is 4.99 Å². The molecule has 1 fully saturated rings. The lowest BCUT2D eigenvalue weighted by molar-refractivity contribution is -0.121. The third-order valence-corrected chi connectivity index (χ3v) is 3.80. The number of hydrogen-bond acceptors (Lipinski definition) is 3. The van der Waals surface area contributed by atoms with Crippen molar-refractivity contribution in [3.8, 4) is 0 Å². The van der Waals surface area contributed by atoms with E-state index in [4.69, 9.17) is 0 Å². The first kappa shape index (κ1) is 13.4. The van der Waals surface area contributed by atoms with Gasteiger partial charge in [-0.1, -0.05) is 32.1 Å². The monoisotopic (exact) mass is 251 g/mol. The second kappa shape index (κ2) is 6.21. The Morgan fingerprint density at radius 2 is 1.78 bits per heavy atom. The summed E-state index contributed by atoms with van der Waals surface area (Å²) in [6.45, 7) is 4.11. The highest BCUT2D eigenvalue weighted by Crippen LogP contribution is 2.27. The van der Waals surface area contributed by atoms with Crippen LogP contribution in [0.25, 0.3) is 0 Å². The Hall–Kier alpha value is -1.06. The molecule has 1 unspecified atom stereocenters. The number of rotatable bonds is 2. The Morgan fingerprint density at radius 1 is 1.17 bits per heavy atom. The maximum atomic E-state index is 12.0. The number of amides is 1. The summed E-state index contributed by atoms with van der Waals surface area (Å²) in [5, 5.41) is 6.06. The Balaban J connectivity index is 1.97. The fourth-order valence-corrected chi connectivity index (χ4v) is 2.89. The molecule has 1 aliphatic heterocycles. The molecular formula is C14H25N3O. The molecule has 0 bridgehead atoms. The van der Waals surface area contributed by atoms with Gasteiger partial charge in [0.2, 0.25) is 0 Å². The van der Waals surface area contributed by atoms with Crippen molar-refractivity contribution in [2.75, 3.05) is 0 Å². The van der Waals surface area contributed by atoms with Crippen molar-refractivity contribution < 1.29 is 4.79 Å². The van der Waals surface area contributed by atoms with Crippen molar-refractivity contribution in [3.05, 3.63) is 0 Å². The molecule has 0 spiro atoms. The average Bonchev–Trinajstić information content (AvgIpc) is 2.58. The minimum atomic E-state index is -0.149. The van der Waals surface area contributed by atoms with Crippen molar-refractivity contribution in [1.29, 1.82) is 0 Å². The predicted molar refractivity (Wildman–Crippen MR) is 73.4 cm³/mol. The van der Waals surface area contributed by atoms with Gasteiger partial charge in [0.05, 0.1) is 0 Å². The van der Waals surface area contributed by atoms with Crippen molar-refractivity contribution >= 4 is 11.9 Å². The van der Waals surface area contributed by atoms with Crippen LogP contribution in [-0.2, 0) is 4.79 Å². The van der Waals surface area contributed by atoms with E-state index < -0.39 is 0 Å². The molecule has 2 aliphatic rings. The zero-order chi connectivity index (χ0) is 13.0. The Labute approximate surface area is 110 Å². The Kier molecular flexibility index (Phi) is 4.61. The first-order chi connectivity index (χ1) is 8.66. The highest BCUT2D eigenvalue weighted by atomic mass is 16.2. The predicted octanol–water partition coefficient (Wildman–Crippen LogP) is 2.20. The number of guanidine groups is 1. The summed E-state index contributed by atoms with van der Waals surface area (Å²) in [6, 6.07) is 0.157. The molecule has 2 rings (SSSR count). The number of carbonyl (C=O) groups is 1. The van der Waals surface area contributed by atoms with Gasteiger partial charge in [0.25, 0.3) is 5.91 Å². The second-order valence-electron chi connectivity index (χ2n) is 5.82. The molecule has 4 heteroatoms. The zero-order valence-corrected chi connectivity index (χ0v) is 11.5. The lowest BCUT2D eigenvalue weighted by Crippen LogP contribution is -2.41. The first-order valence-electron chi connectivity index (χ1n) is 7.32. The molecular weight excluding hydrogens is 226 g/mol. The summed E-state index contributed by atoms with van der Waals surface area (Å²) in [7, 11) is 0. The van der Waals surface area contributed by atoms with Gasteiger partial charge >= 0.3 is 0 Å². The maximum Gasteiger partial charge on any atom is 0.251 e. The van der Waals surface area contributed by atoms with E-state index in [0.29, 0.717) is 17.9 Å². The van der Waals surface area contributed by atoms with Gasteiger partial charge in [0, 0.05) is 6.04 Å². The van der Waals surface area contributed by atoms with Crippen LogP contribution in [0.3, 0.4) is 0 Å². The number of nitrogens with one attached hydrogen (secondary N) is 2. The van der Waals surface area contributed by atoms with E-state index in [-0.39, 0.29) is 11.9 Å². The van der Waals surface area contributed by atoms with Crippen LogP contribution >= 0.6 is 0 Å². The highest BCUT2D eigenvalue weighted by molar-refractivity contribution is 6.05. The standard InChI is InChI=1S/C14H25N3O/c1-10(2)15-14-16-12(13(18)17-14)11-8-6-4-3-5-7-9-11/h10-12H,3-9H2,1-2H3,(H2,15,16,17,18). The van der Waals surface area contributed by atoms with Crippen molar-refractivity contribution in [2.45, 2.75) is 70.9 Å². The molecule has 0 aromatic carbocycles. The van der Waals surface area contributed by atoms with Crippen LogP contribution in [0.2, 0.25) is 0 Å². The van der Waals surface area contributed by atoms with Crippen molar-refractivity contribution in [2.24, 2.45) is 10.9 Å². The summed E-state index contributed by atoms with van der Waals surface area (Å²) in [6.07, 6.45) is 8.77. The second-order valence-corrected chi connectivity index (χ2v) is 5.82. The van der Waals surface area contributed by atoms with Gasteiger partial charge in [0.15, 0.2) is 5.96 Å². The molecule has 1 heterocycles. The summed E-state index contributed by atoms with van der Waals surface area (Å²) in [5.74, 6) is 1.20. The summed E-state index contributed by atoms with van der Waals surface area (Å²) < 4.78 is 0. The largest absolute Gasteiger partial charge is 0.354 e. The molecule has 1 saturated carbocycles. The van der Waals surface area contributed by atoms with E-state index in [1.54, 1.807) is 0 Å². The van der Waals surface area contributed by atoms with Gasteiger partial charge in [-0.25, -0.2) is 4.99 Å². The van der Waals surface area contributed by atoms with E-state index in [0.717, 1.165) is 12.8 Å². The van der Waals surface area contributed by atoms with E-state index in [9.17, 15) is 4.79 Å². The third-order valence-electron chi connectivity index (χ3n) is 3.80. The molecule has 1 aliphatic carbocycles. The number of nitrogens with zero attached hydrogens (tertiary/aromatic N) is 1. The van der Waals surface area contributed by atoms with E-state index in [2.05, 4.69) is 29.5 Å². The molecule has 0 radical (unpaired) electrons. The average molecular weight is 251 g/mol. The SMILES string of the molecule is CC(C)NC1=NC(C2CCCCCCC2)C(=O)N1. The van der Waals surface area contributed by atoms with Crippen LogP contribution in [0.5, 0.6) is 0 Å². The van der Waals surface area contributed by atoms with Crippen molar-refractivity contribution in [1.82, 2.24) is 10.6 Å². The Morgan fingerprint density at radius 3 is 2.39 bits per heavy atom. The minimum absolute atomic E-state index is 0.0868. The number of aliphatic imine (C=N–C) groups is 1. The molecule has 1 amide bonds. The van der Waals surface area contributed by atoms with Crippen molar-refractivity contribution in [3.63, 3.8) is 0 Å². The quantitative estimate of drug-likeness (QED) is 0.790. The van der Waals surface area contributed by atoms with Crippen LogP contribution in [0.1, 0.15) is 58.8 Å². The molecule has 1 atom stereocenters. The normalized spacial score (nSPS) is 26.5. The van der Waals surface area contributed by atoms with Crippen LogP contribution < -0.4 is 10.6 Å². The maximum absolute atomic E-state index is 12.0. The lowest BCUT2D eigenvalue weighted by atomic mass is 9.86. The van der Waals surface area contributed by atoms with Gasteiger partial charge in [-0.2, -0.15) is 0 Å². The molecule has 102 valence electrons. The molecule has 0 aromatic heterocycles. The molecule has 0 aromatic rings. The molecule has 4 nitrogen and oxygen atoms in total. The van der Waals surface area contributed by atoms with Gasteiger partial charge in [-0.05, 0) is 32.6 Å². The van der Waals surface area contributed by atoms with Crippen LogP contribution in [0, 0.1) is 5.92 Å². The number of carbonyl (C=O) groups excluding carboxylic acids is 1. The summed E-state index contributed by atoms with van der Waals surface area (Å²) >= 11 is 0. The number of hydrogen-bond donors (Lipinski definition) is 2. The third kappa shape index (κ3) is 3.47. The van der Waals surface area contributed by atoms with Gasteiger partial charge in [-0.3, -0.25) is 10.1 Å². The van der Waals surface area contributed by atoms with E-state index in [1.165, 1.54) is 32.1 Å². The zero-order valence-electron chi connectivity index (χ0n) is 11.5. The van der Waals surface area contributed by atoms with Crippen LogP contribution in [-0.4, -0.2) is 24.0 Å².